The highest BCUT2D eigenvalue weighted by atomic mass is 16.7. The third-order valence-electron chi connectivity index (χ3n) is 7.59. The van der Waals surface area contributed by atoms with Crippen LogP contribution in [0.2, 0.25) is 0 Å². The number of aromatic nitrogens is 1. The summed E-state index contributed by atoms with van der Waals surface area (Å²) in [6.07, 6.45) is 2.56. The van der Waals surface area contributed by atoms with Crippen molar-refractivity contribution in [1.29, 1.82) is 0 Å². The minimum atomic E-state index is 0.317. The monoisotopic (exact) mass is 403 g/mol. The fourth-order valence-corrected chi connectivity index (χ4v) is 5.96. The molecule has 3 aliphatic rings. The number of ether oxygens (including phenoxy) is 1. The molecule has 1 aromatic heterocycles. The standard InChI is InChI=1S/C25H29N3O2/c1-15-21-14-28-11-10-19-20-12-17(16-4-7-18(29-3)8-5-16)6-9-22(20)26-25(19)24(28)13-23(21)27(2)30-15/h4-9,12,15,21,23-24,26H,10-11,13-14H2,1-3H3/t15-,21-,23-,24-/m0/s1. The molecule has 0 amide bonds. The van der Waals surface area contributed by atoms with E-state index in [4.69, 9.17) is 9.57 Å². The molecule has 2 saturated heterocycles. The molecule has 1 N–H and O–H groups in total. The molecule has 156 valence electrons. The van der Waals surface area contributed by atoms with E-state index in [-0.39, 0.29) is 0 Å². The van der Waals surface area contributed by atoms with Crippen LogP contribution in [0.5, 0.6) is 5.75 Å². The van der Waals surface area contributed by atoms with Crippen LogP contribution in [0.15, 0.2) is 42.5 Å². The van der Waals surface area contributed by atoms with Gasteiger partial charge in [0.1, 0.15) is 5.75 Å². The van der Waals surface area contributed by atoms with Crippen LogP contribution in [-0.2, 0) is 11.3 Å². The van der Waals surface area contributed by atoms with Gasteiger partial charge in [-0.3, -0.25) is 9.74 Å². The van der Waals surface area contributed by atoms with Gasteiger partial charge in [0.15, 0.2) is 0 Å². The van der Waals surface area contributed by atoms with Crippen molar-refractivity contribution < 1.29 is 9.57 Å². The predicted molar refractivity (Wildman–Crippen MR) is 119 cm³/mol. The van der Waals surface area contributed by atoms with Crippen molar-refractivity contribution >= 4 is 10.9 Å². The van der Waals surface area contributed by atoms with Crippen molar-refractivity contribution in [3.05, 3.63) is 53.7 Å². The molecule has 2 aromatic carbocycles. The first-order chi connectivity index (χ1) is 14.6. The molecule has 0 aliphatic carbocycles. The smallest absolute Gasteiger partial charge is 0.118 e. The Balaban J connectivity index is 1.37. The van der Waals surface area contributed by atoms with Gasteiger partial charge in [0.2, 0.25) is 0 Å². The number of fused-ring (bicyclic) bond motifs is 6. The molecule has 0 saturated carbocycles. The van der Waals surface area contributed by atoms with E-state index in [1.54, 1.807) is 7.11 Å². The van der Waals surface area contributed by atoms with Crippen LogP contribution in [0, 0.1) is 5.92 Å². The Morgan fingerprint density at radius 1 is 1.10 bits per heavy atom. The number of piperidine rings is 1. The Hall–Kier alpha value is -2.34. The van der Waals surface area contributed by atoms with Crippen LogP contribution >= 0.6 is 0 Å². The molecule has 5 nitrogen and oxygen atoms in total. The third kappa shape index (κ3) is 2.73. The number of benzene rings is 2. The molecule has 6 rings (SSSR count). The lowest BCUT2D eigenvalue weighted by Gasteiger charge is -2.44. The molecule has 2 fully saturated rings. The van der Waals surface area contributed by atoms with Gasteiger partial charge in [-0.15, -0.1) is 0 Å². The summed E-state index contributed by atoms with van der Waals surface area (Å²) in [5, 5.41) is 3.50. The van der Waals surface area contributed by atoms with Gasteiger partial charge in [0.25, 0.3) is 0 Å². The molecular weight excluding hydrogens is 374 g/mol. The molecule has 3 aromatic rings. The van der Waals surface area contributed by atoms with Crippen molar-refractivity contribution in [2.45, 2.75) is 38.0 Å². The van der Waals surface area contributed by atoms with Crippen LogP contribution in [-0.4, -0.2) is 54.3 Å². The molecule has 4 atom stereocenters. The highest BCUT2D eigenvalue weighted by Crippen LogP contribution is 2.45. The van der Waals surface area contributed by atoms with Gasteiger partial charge in [0, 0.05) is 48.7 Å². The summed E-state index contributed by atoms with van der Waals surface area (Å²) in [4.78, 5) is 12.5. The number of hydrogen-bond donors (Lipinski definition) is 1. The van der Waals surface area contributed by atoms with Crippen molar-refractivity contribution in [3.8, 4) is 16.9 Å². The Kier molecular flexibility index (Phi) is 4.20. The quantitative estimate of drug-likeness (QED) is 0.689. The van der Waals surface area contributed by atoms with Gasteiger partial charge < -0.3 is 9.72 Å². The van der Waals surface area contributed by atoms with E-state index in [0.717, 1.165) is 31.7 Å². The lowest BCUT2D eigenvalue weighted by molar-refractivity contribution is -0.140. The average molecular weight is 404 g/mol. The van der Waals surface area contributed by atoms with Crippen LogP contribution in [0.25, 0.3) is 22.0 Å². The Morgan fingerprint density at radius 2 is 1.90 bits per heavy atom. The van der Waals surface area contributed by atoms with E-state index >= 15 is 0 Å². The fourth-order valence-electron chi connectivity index (χ4n) is 5.96. The summed E-state index contributed by atoms with van der Waals surface area (Å²) >= 11 is 0. The summed E-state index contributed by atoms with van der Waals surface area (Å²) in [7, 11) is 3.81. The summed E-state index contributed by atoms with van der Waals surface area (Å²) < 4.78 is 5.31. The second-order valence-corrected chi connectivity index (χ2v) is 9.09. The maximum absolute atomic E-state index is 6.03. The lowest BCUT2D eigenvalue weighted by atomic mass is 9.81. The highest BCUT2D eigenvalue weighted by molar-refractivity contribution is 5.89. The number of methoxy groups -OCH3 is 1. The molecule has 0 bridgehead atoms. The fraction of sp³-hybridized carbons (Fsp3) is 0.440. The zero-order valence-corrected chi connectivity index (χ0v) is 17.9. The lowest BCUT2D eigenvalue weighted by Crippen LogP contribution is -2.50. The number of H-pyrrole nitrogens is 1. The largest absolute Gasteiger partial charge is 0.497 e. The van der Waals surface area contributed by atoms with E-state index in [1.165, 1.54) is 33.3 Å². The number of hydroxylamine groups is 2. The number of rotatable bonds is 2. The average Bonchev–Trinajstić information content (AvgIpc) is 3.29. The van der Waals surface area contributed by atoms with Crippen molar-refractivity contribution in [1.82, 2.24) is 14.9 Å². The van der Waals surface area contributed by atoms with E-state index in [2.05, 4.69) is 59.3 Å². The summed E-state index contributed by atoms with van der Waals surface area (Å²) in [6, 6.07) is 16.1. The molecule has 30 heavy (non-hydrogen) atoms. The van der Waals surface area contributed by atoms with Crippen LogP contribution in [0.4, 0.5) is 0 Å². The number of nitrogens with one attached hydrogen (secondary N) is 1. The zero-order chi connectivity index (χ0) is 20.4. The molecule has 5 heteroatoms. The van der Waals surface area contributed by atoms with Gasteiger partial charge in [-0.25, -0.2) is 0 Å². The van der Waals surface area contributed by atoms with Crippen LogP contribution in [0.1, 0.15) is 30.6 Å². The second kappa shape index (κ2) is 6.84. The SMILES string of the molecule is COc1ccc(-c2ccc3[nH]c4c(c3c2)CCN2C[C@H]3[C@H](C)ON(C)[C@H]3C[C@@H]42)cc1. The number of hydrogen-bond acceptors (Lipinski definition) is 4. The minimum absolute atomic E-state index is 0.317. The summed E-state index contributed by atoms with van der Waals surface area (Å²) in [5.41, 5.74) is 6.68. The first kappa shape index (κ1) is 18.4. The van der Waals surface area contributed by atoms with Crippen LogP contribution in [0.3, 0.4) is 0 Å². The van der Waals surface area contributed by atoms with Gasteiger partial charge in [0.05, 0.1) is 19.3 Å². The summed E-state index contributed by atoms with van der Waals surface area (Å²) in [6.45, 7) is 4.49. The highest BCUT2D eigenvalue weighted by Gasteiger charge is 2.47. The second-order valence-electron chi connectivity index (χ2n) is 9.09. The zero-order valence-electron chi connectivity index (χ0n) is 17.9. The minimum Gasteiger partial charge on any atom is -0.497 e. The van der Waals surface area contributed by atoms with E-state index < -0.39 is 0 Å². The normalized spacial score (nSPS) is 28.9. The maximum atomic E-state index is 6.03. The Morgan fingerprint density at radius 3 is 2.70 bits per heavy atom. The van der Waals surface area contributed by atoms with E-state index in [1.807, 2.05) is 12.1 Å². The molecule has 0 spiro atoms. The summed E-state index contributed by atoms with van der Waals surface area (Å²) in [5.74, 6) is 1.50. The third-order valence-corrected chi connectivity index (χ3v) is 7.59. The van der Waals surface area contributed by atoms with Gasteiger partial charge in [-0.2, -0.15) is 5.06 Å². The first-order valence-corrected chi connectivity index (χ1v) is 11.0. The van der Waals surface area contributed by atoms with Gasteiger partial charge in [-0.05, 0) is 60.7 Å². The molecule has 3 aliphatic heterocycles. The topological polar surface area (TPSA) is 40.7 Å². The first-order valence-electron chi connectivity index (χ1n) is 11.0. The maximum Gasteiger partial charge on any atom is 0.118 e. The van der Waals surface area contributed by atoms with Crippen LogP contribution < -0.4 is 4.74 Å². The Bertz CT molecular complexity index is 1090. The van der Waals surface area contributed by atoms with Crippen molar-refractivity contribution in [2.24, 2.45) is 5.92 Å². The van der Waals surface area contributed by atoms with Crippen molar-refractivity contribution in [2.75, 3.05) is 27.2 Å². The molecule has 0 radical (unpaired) electrons. The van der Waals surface area contributed by atoms with E-state index in [0.29, 0.717) is 24.1 Å². The van der Waals surface area contributed by atoms with Gasteiger partial charge in [-0.1, -0.05) is 18.2 Å². The van der Waals surface area contributed by atoms with Crippen molar-refractivity contribution in [3.63, 3.8) is 0 Å². The molecule has 0 unspecified atom stereocenters. The number of nitrogens with zero attached hydrogens (tertiary/aromatic N) is 2. The predicted octanol–water partition coefficient (Wildman–Crippen LogP) is 4.40. The van der Waals surface area contributed by atoms with Gasteiger partial charge >= 0.3 is 0 Å². The molecular formula is C25H29N3O2. The van der Waals surface area contributed by atoms with E-state index in [9.17, 15) is 0 Å². The molecule has 4 heterocycles. The Labute approximate surface area is 177 Å². The number of aromatic amines is 1.